The van der Waals surface area contributed by atoms with Gasteiger partial charge in [0.05, 0.1) is 35.9 Å². The molecule has 3 heterocycles. The number of hydrogen-bond acceptors (Lipinski definition) is 7. The van der Waals surface area contributed by atoms with Crippen molar-refractivity contribution in [1.82, 2.24) is 0 Å². The minimum atomic E-state index is -2.13. The first-order chi connectivity index (χ1) is 23.1. The molecular formula is C41H68O7Si2. The minimum Gasteiger partial charge on any atom is -0.458 e. The van der Waals surface area contributed by atoms with Crippen molar-refractivity contribution in [2.45, 2.75) is 167 Å². The van der Waals surface area contributed by atoms with Crippen LogP contribution in [-0.4, -0.2) is 72.1 Å². The van der Waals surface area contributed by atoms with Gasteiger partial charge in [-0.05, 0) is 62.5 Å². The van der Waals surface area contributed by atoms with Crippen molar-refractivity contribution < 1.29 is 32.7 Å². The summed E-state index contributed by atoms with van der Waals surface area (Å²) in [7, 11) is -4.12. The molecule has 3 aliphatic rings. The Kier molecular flexibility index (Phi) is 14.7. The van der Waals surface area contributed by atoms with Gasteiger partial charge >= 0.3 is 5.97 Å². The first-order valence-corrected chi connectivity index (χ1v) is 24.5. The van der Waals surface area contributed by atoms with Crippen molar-refractivity contribution >= 4 is 28.9 Å². The summed E-state index contributed by atoms with van der Waals surface area (Å²) < 4.78 is 33.1. The van der Waals surface area contributed by atoms with Crippen LogP contribution in [0.25, 0.3) is 0 Å². The van der Waals surface area contributed by atoms with Crippen LogP contribution in [0.2, 0.25) is 36.3 Å². The van der Waals surface area contributed by atoms with E-state index in [1.54, 1.807) is 6.08 Å². The van der Waals surface area contributed by atoms with E-state index in [0.717, 1.165) is 18.3 Å². The summed E-state index contributed by atoms with van der Waals surface area (Å²) in [4.78, 5) is 25.2. The van der Waals surface area contributed by atoms with Gasteiger partial charge in [0, 0.05) is 31.4 Å². The predicted molar refractivity (Wildman–Crippen MR) is 209 cm³/mol. The SMILES string of the molecule is CC1=C/[C@@H]2O[C@H](C/C=C/C=C/C(=O)O[C@H]3C[C@H](/C=C/C\C=C\1)O[C@H](CC=O)[C@@]3(C)CO[Si](C)(C)C(C)(C)C)C[C@@H](O[Si](C)(C)C(C)(C)C)[C@@H]2C. The molecule has 8 atom stereocenters. The Morgan fingerprint density at radius 3 is 2.26 bits per heavy atom. The summed E-state index contributed by atoms with van der Waals surface area (Å²) in [6, 6.07) is 0. The molecule has 0 radical (unpaired) electrons. The van der Waals surface area contributed by atoms with Crippen molar-refractivity contribution in [1.29, 1.82) is 0 Å². The molecule has 0 aromatic carbocycles. The van der Waals surface area contributed by atoms with Gasteiger partial charge in [-0.1, -0.05) is 110 Å². The summed E-state index contributed by atoms with van der Waals surface area (Å²) in [6.07, 6.45) is 20.4. The van der Waals surface area contributed by atoms with Gasteiger partial charge in [0.15, 0.2) is 16.6 Å². The molecule has 282 valence electrons. The number of aldehydes is 1. The number of hydrogen-bond donors (Lipinski definition) is 0. The highest BCUT2D eigenvalue weighted by molar-refractivity contribution is 6.74. The molecule has 0 saturated carbocycles. The maximum absolute atomic E-state index is 13.3. The van der Waals surface area contributed by atoms with Gasteiger partial charge < -0.3 is 27.9 Å². The van der Waals surface area contributed by atoms with Crippen LogP contribution in [0.1, 0.15) is 94.4 Å². The van der Waals surface area contributed by atoms with Gasteiger partial charge in [0.25, 0.3) is 0 Å². The molecule has 7 nitrogen and oxygen atoms in total. The lowest BCUT2D eigenvalue weighted by atomic mass is 9.73. The molecule has 0 spiro atoms. The third-order valence-corrected chi connectivity index (χ3v) is 20.9. The van der Waals surface area contributed by atoms with Crippen molar-refractivity contribution in [3.05, 3.63) is 60.3 Å². The zero-order valence-corrected chi connectivity index (χ0v) is 35.4. The maximum Gasteiger partial charge on any atom is 0.331 e. The van der Waals surface area contributed by atoms with E-state index in [-0.39, 0.29) is 46.8 Å². The van der Waals surface area contributed by atoms with Gasteiger partial charge in [0.1, 0.15) is 12.4 Å². The van der Waals surface area contributed by atoms with Crippen molar-refractivity contribution in [2.24, 2.45) is 11.3 Å². The second-order valence-corrected chi connectivity index (χ2v) is 27.6. The van der Waals surface area contributed by atoms with Gasteiger partial charge in [0.2, 0.25) is 0 Å². The van der Waals surface area contributed by atoms with Crippen LogP contribution in [0.15, 0.2) is 60.3 Å². The molecule has 4 bridgehead atoms. The quantitative estimate of drug-likeness (QED) is 0.112. The van der Waals surface area contributed by atoms with E-state index in [0.29, 0.717) is 25.9 Å². The number of allylic oxidation sites excluding steroid dienone is 6. The first kappa shape index (κ1) is 42.5. The number of carbonyl (C=O) groups excluding carboxylic acids is 2. The fourth-order valence-corrected chi connectivity index (χ4v) is 8.73. The molecule has 0 amide bonds. The predicted octanol–water partition coefficient (Wildman–Crippen LogP) is 9.82. The third kappa shape index (κ3) is 11.3. The molecule has 0 N–H and O–H groups in total. The minimum absolute atomic E-state index is 0.000314. The van der Waals surface area contributed by atoms with Gasteiger partial charge in [-0.15, -0.1) is 0 Å². The molecule has 0 unspecified atom stereocenters. The van der Waals surface area contributed by atoms with Gasteiger partial charge in [-0.25, -0.2) is 4.79 Å². The zero-order valence-electron chi connectivity index (χ0n) is 33.4. The average Bonchev–Trinajstić information content (AvgIpc) is 2.98. The largest absolute Gasteiger partial charge is 0.458 e. The van der Waals surface area contributed by atoms with Crippen molar-refractivity contribution in [2.75, 3.05) is 6.61 Å². The lowest BCUT2D eigenvalue weighted by Crippen LogP contribution is -2.57. The van der Waals surface area contributed by atoms with Gasteiger partial charge in [-0.2, -0.15) is 0 Å². The van der Waals surface area contributed by atoms with Crippen molar-refractivity contribution in [3.8, 4) is 0 Å². The molecule has 3 aliphatic heterocycles. The average molecular weight is 729 g/mol. The highest BCUT2D eigenvalue weighted by Crippen LogP contribution is 2.44. The lowest BCUT2D eigenvalue weighted by molar-refractivity contribution is -0.198. The van der Waals surface area contributed by atoms with Crippen LogP contribution in [0, 0.1) is 11.3 Å². The Bertz CT molecular complexity index is 1300. The summed E-state index contributed by atoms with van der Waals surface area (Å²) in [5.41, 5.74) is 0.452. The van der Waals surface area contributed by atoms with E-state index in [4.69, 9.17) is 23.1 Å². The summed E-state index contributed by atoms with van der Waals surface area (Å²) >= 11 is 0. The smallest absolute Gasteiger partial charge is 0.331 e. The fraction of sp³-hybridized carbons (Fsp3) is 0.707. The monoisotopic (exact) mass is 728 g/mol. The number of carbonyl (C=O) groups is 2. The molecule has 2 fully saturated rings. The molecule has 50 heavy (non-hydrogen) atoms. The molecule has 0 aromatic heterocycles. The van der Waals surface area contributed by atoms with Crippen LogP contribution in [-0.2, 0) is 32.7 Å². The van der Waals surface area contributed by atoms with Crippen LogP contribution in [0.3, 0.4) is 0 Å². The van der Waals surface area contributed by atoms with E-state index in [2.05, 4.69) is 112 Å². The maximum atomic E-state index is 13.3. The van der Waals surface area contributed by atoms with Gasteiger partial charge in [-0.3, -0.25) is 0 Å². The molecule has 3 rings (SSSR count). The number of fused-ring (bicyclic) bond motifs is 4. The molecule has 0 aromatic rings. The van der Waals surface area contributed by atoms with E-state index in [1.807, 2.05) is 19.1 Å². The first-order valence-electron chi connectivity index (χ1n) is 18.7. The molecule has 2 saturated heterocycles. The number of rotatable bonds is 7. The number of esters is 1. The van der Waals surface area contributed by atoms with Crippen LogP contribution in [0.4, 0.5) is 0 Å². The second-order valence-electron chi connectivity index (χ2n) is 18.0. The second kappa shape index (κ2) is 17.3. The standard InChI is InChI=1S/C41H68O7Si2/c1-30-20-16-14-17-22-33-28-37(41(9,36(46-33)24-25-42)29-44-49(10,11)39(3,4)5)47-38(43)23-19-15-18-21-32-27-35(31(2)34(26-30)45-32)48-50(12,13)40(6,7)8/h15-20,22-23,25-26,31-37H,14,21,24,27-29H2,1-13H3/b18-15+,20-16+,22-17+,23-19+,30-26-/t31-,32-,33+,34+,35-,36-,37+,41-/m1/s1. The summed E-state index contributed by atoms with van der Waals surface area (Å²) in [6.45, 7) is 29.3. The van der Waals surface area contributed by atoms with E-state index < -0.39 is 40.2 Å². The highest BCUT2D eigenvalue weighted by atomic mass is 28.4. The molecular weight excluding hydrogens is 661 g/mol. The highest BCUT2D eigenvalue weighted by Gasteiger charge is 2.51. The lowest BCUT2D eigenvalue weighted by Gasteiger charge is -2.49. The Labute approximate surface area is 306 Å². The summed E-state index contributed by atoms with van der Waals surface area (Å²) in [5.74, 6) is -0.204. The van der Waals surface area contributed by atoms with E-state index in [9.17, 15) is 9.59 Å². The number of ether oxygens (including phenoxy) is 3. The zero-order chi connectivity index (χ0) is 37.5. The van der Waals surface area contributed by atoms with Crippen molar-refractivity contribution in [3.63, 3.8) is 0 Å². The van der Waals surface area contributed by atoms with Crippen LogP contribution >= 0.6 is 0 Å². The van der Waals surface area contributed by atoms with Crippen LogP contribution in [0.5, 0.6) is 0 Å². The van der Waals surface area contributed by atoms with E-state index in [1.165, 1.54) is 6.08 Å². The van der Waals surface area contributed by atoms with Crippen LogP contribution < -0.4 is 0 Å². The Balaban J connectivity index is 1.92. The summed E-state index contributed by atoms with van der Waals surface area (Å²) in [5, 5.41) is 0.127. The Morgan fingerprint density at radius 1 is 0.940 bits per heavy atom. The Hall–Kier alpha value is -1.89. The third-order valence-electron chi connectivity index (χ3n) is 11.9. The normalized spacial score (nSPS) is 35.9. The molecule has 0 aliphatic carbocycles. The molecule has 9 heteroatoms. The topological polar surface area (TPSA) is 80.3 Å². The fourth-order valence-electron chi connectivity index (χ4n) is 6.21. The Morgan fingerprint density at radius 2 is 1.62 bits per heavy atom. The van der Waals surface area contributed by atoms with E-state index >= 15 is 0 Å².